The molecule has 0 fully saturated rings. The molecule has 2 N–H and O–H groups in total. The molecule has 0 radical (unpaired) electrons. The summed E-state index contributed by atoms with van der Waals surface area (Å²) in [7, 11) is 0. The molecule has 0 aliphatic heterocycles. The van der Waals surface area contributed by atoms with E-state index in [2.05, 4.69) is 31.4 Å². The second-order valence-corrected chi connectivity index (χ2v) is 5.77. The van der Waals surface area contributed by atoms with Gasteiger partial charge in [0.2, 0.25) is 0 Å². The maximum absolute atomic E-state index is 11.7. The molecule has 0 atom stereocenters. The lowest BCUT2D eigenvalue weighted by atomic mass is 10.2. The van der Waals surface area contributed by atoms with Crippen LogP contribution in [-0.2, 0) is 6.54 Å². The second-order valence-electron chi connectivity index (χ2n) is 3.31. The van der Waals surface area contributed by atoms with Gasteiger partial charge in [0, 0.05) is 17.8 Å². The molecule has 2 aromatic rings. The molecule has 0 aliphatic rings. The molecular weight excluding hydrogens is 290 g/mol. The van der Waals surface area contributed by atoms with Crippen molar-refractivity contribution in [1.82, 2.24) is 15.5 Å². The standard InChI is InChI=1S/C10H10BrN3OS/c1-6-7(5-13-14-6)4-12-10(15)8-2-3-9(11)16-8/h2-3,5H,4H2,1H3,(H,12,15)(H,13,14). The highest BCUT2D eigenvalue weighted by Gasteiger charge is 2.08. The third-order valence-electron chi connectivity index (χ3n) is 2.17. The van der Waals surface area contributed by atoms with Crippen molar-refractivity contribution >= 4 is 33.2 Å². The van der Waals surface area contributed by atoms with Gasteiger partial charge < -0.3 is 5.32 Å². The minimum absolute atomic E-state index is 0.0590. The van der Waals surface area contributed by atoms with Crippen LogP contribution in [0.5, 0.6) is 0 Å². The zero-order valence-corrected chi connectivity index (χ0v) is 11.0. The number of aromatic amines is 1. The number of hydrogen-bond donors (Lipinski definition) is 2. The van der Waals surface area contributed by atoms with Gasteiger partial charge in [-0.1, -0.05) is 0 Å². The number of halogens is 1. The normalized spacial score (nSPS) is 10.4. The first-order valence-electron chi connectivity index (χ1n) is 4.69. The summed E-state index contributed by atoms with van der Waals surface area (Å²) >= 11 is 4.74. The van der Waals surface area contributed by atoms with Crippen molar-refractivity contribution in [2.75, 3.05) is 0 Å². The van der Waals surface area contributed by atoms with Crippen molar-refractivity contribution in [1.29, 1.82) is 0 Å². The van der Waals surface area contributed by atoms with Gasteiger partial charge in [0.15, 0.2) is 0 Å². The maximum atomic E-state index is 11.7. The topological polar surface area (TPSA) is 57.8 Å². The van der Waals surface area contributed by atoms with Gasteiger partial charge in [-0.05, 0) is 35.0 Å². The molecule has 0 saturated heterocycles. The van der Waals surface area contributed by atoms with E-state index < -0.39 is 0 Å². The fourth-order valence-corrected chi connectivity index (χ4v) is 2.56. The molecule has 84 valence electrons. The highest BCUT2D eigenvalue weighted by Crippen LogP contribution is 2.21. The Kier molecular flexibility index (Phi) is 3.40. The van der Waals surface area contributed by atoms with E-state index in [-0.39, 0.29) is 5.91 Å². The monoisotopic (exact) mass is 299 g/mol. The van der Waals surface area contributed by atoms with Crippen LogP contribution in [0.4, 0.5) is 0 Å². The summed E-state index contributed by atoms with van der Waals surface area (Å²) in [5, 5.41) is 9.57. The van der Waals surface area contributed by atoms with Crippen molar-refractivity contribution in [3.8, 4) is 0 Å². The minimum Gasteiger partial charge on any atom is -0.347 e. The van der Waals surface area contributed by atoms with Crippen molar-refractivity contribution in [3.63, 3.8) is 0 Å². The van der Waals surface area contributed by atoms with Crippen molar-refractivity contribution in [3.05, 3.63) is 38.3 Å². The number of aryl methyl sites for hydroxylation is 1. The Morgan fingerprint density at radius 1 is 1.62 bits per heavy atom. The van der Waals surface area contributed by atoms with Crippen molar-refractivity contribution in [2.45, 2.75) is 13.5 Å². The lowest BCUT2D eigenvalue weighted by Crippen LogP contribution is -2.21. The Morgan fingerprint density at radius 3 is 3.00 bits per heavy atom. The predicted molar refractivity (Wildman–Crippen MR) is 66.5 cm³/mol. The van der Waals surface area contributed by atoms with Crippen LogP contribution in [0.3, 0.4) is 0 Å². The van der Waals surface area contributed by atoms with E-state index in [0.717, 1.165) is 15.0 Å². The summed E-state index contributed by atoms with van der Waals surface area (Å²) in [6.07, 6.45) is 1.72. The zero-order chi connectivity index (χ0) is 11.5. The number of nitrogens with one attached hydrogen (secondary N) is 2. The smallest absolute Gasteiger partial charge is 0.261 e. The van der Waals surface area contributed by atoms with Crippen LogP contribution < -0.4 is 5.32 Å². The zero-order valence-electron chi connectivity index (χ0n) is 8.58. The third kappa shape index (κ3) is 2.51. The summed E-state index contributed by atoms with van der Waals surface area (Å²) in [5.74, 6) is -0.0590. The van der Waals surface area contributed by atoms with Gasteiger partial charge in [-0.25, -0.2) is 0 Å². The van der Waals surface area contributed by atoms with Crippen LogP contribution >= 0.6 is 27.3 Å². The SMILES string of the molecule is Cc1[nH]ncc1CNC(=O)c1ccc(Br)s1. The Hall–Kier alpha value is -1.14. The predicted octanol–water partition coefficient (Wildman–Crippen LogP) is 2.47. The Balaban J connectivity index is 1.96. The van der Waals surface area contributed by atoms with Crippen LogP contribution in [0.2, 0.25) is 0 Å². The first kappa shape index (κ1) is 11.3. The molecule has 0 unspecified atom stereocenters. The maximum Gasteiger partial charge on any atom is 0.261 e. The van der Waals surface area contributed by atoms with Crippen molar-refractivity contribution < 1.29 is 4.79 Å². The van der Waals surface area contributed by atoms with E-state index in [9.17, 15) is 4.79 Å². The molecule has 0 aliphatic carbocycles. The summed E-state index contributed by atoms with van der Waals surface area (Å²) in [5.41, 5.74) is 1.98. The third-order valence-corrected chi connectivity index (χ3v) is 3.79. The van der Waals surface area contributed by atoms with Crippen molar-refractivity contribution in [2.24, 2.45) is 0 Å². The molecular formula is C10H10BrN3OS. The van der Waals surface area contributed by atoms with Crippen LogP contribution in [-0.4, -0.2) is 16.1 Å². The molecule has 2 rings (SSSR count). The highest BCUT2D eigenvalue weighted by atomic mass is 79.9. The molecule has 2 aromatic heterocycles. The summed E-state index contributed by atoms with van der Waals surface area (Å²) in [6.45, 7) is 2.42. The molecule has 0 spiro atoms. The summed E-state index contributed by atoms with van der Waals surface area (Å²) in [4.78, 5) is 12.4. The molecule has 0 bridgehead atoms. The van der Waals surface area contributed by atoms with E-state index >= 15 is 0 Å². The quantitative estimate of drug-likeness (QED) is 0.915. The molecule has 16 heavy (non-hydrogen) atoms. The van der Waals surface area contributed by atoms with Gasteiger partial charge in [-0.2, -0.15) is 5.10 Å². The van der Waals surface area contributed by atoms with E-state index in [4.69, 9.17) is 0 Å². The lowest BCUT2D eigenvalue weighted by molar-refractivity contribution is 0.0955. The Morgan fingerprint density at radius 2 is 2.44 bits per heavy atom. The van der Waals surface area contributed by atoms with Crippen LogP contribution in [0.1, 0.15) is 20.9 Å². The Labute approximate surface area is 105 Å². The molecule has 6 heteroatoms. The van der Waals surface area contributed by atoms with Gasteiger partial charge >= 0.3 is 0 Å². The van der Waals surface area contributed by atoms with Gasteiger partial charge in [0.25, 0.3) is 5.91 Å². The van der Waals surface area contributed by atoms with Crippen LogP contribution in [0, 0.1) is 6.92 Å². The molecule has 0 saturated carbocycles. The van der Waals surface area contributed by atoms with E-state index in [1.807, 2.05) is 13.0 Å². The van der Waals surface area contributed by atoms with Gasteiger partial charge in [-0.15, -0.1) is 11.3 Å². The number of carbonyl (C=O) groups excluding carboxylic acids is 1. The largest absolute Gasteiger partial charge is 0.347 e. The molecule has 4 nitrogen and oxygen atoms in total. The van der Waals surface area contributed by atoms with Crippen LogP contribution in [0.15, 0.2) is 22.1 Å². The average molecular weight is 300 g/mol. The number of hydrogen-bond acceptors (Lipinski definition) is 3. The highest BCUT2D eigenvalue weighted by molar-refractivity contribution is 9.11. The number of carbonyl (C=O) groups is 1. The second kappa shape index (κ2) is 4.80. The molecule has 1 amide bonds. The number of amides is 1. The minimum atomic E-state index is -0.0590. The van der Waals surface area contributed by atoms with Gasteiger partial charge in [-0.3, -0.25) is 9.89 Å². The summed E-state index contributed by atoms with van der Waals surface area (Å²) in [6, 6.07) is 3.66. The summed E-state index contributed by atoms with van der Waals surface area (Å²) < 4.78 is 0.956. The number of aromatic nitrogens is 2. The first-order valence-corrected chi connectivity index (χ1v) is 6.30. The number of H-pyrrole nitrogens is 1. The number of thiophene rings is 1. The Bertz CT molecular complexity index is 506. The van der Waals surface area contributed by atoms with E-state index in [1.165, 1.54) is 11.3 Å². The first-order chi connectivity index (χ1) is 7.66. The van der Waals surface area contributed by atoms with Gasteiger partial charge in [0.1, 0.15) is 0 Å². The fraction of sp³-hybridized carbons (Fsp3) is 0.200. The fourth-order valence-electron chi connectivity index (χ4n) is 1.25. The lowest BCUT2D eigenvalue weighted by Gasteiger charge is -2.01. The average Bonchev–Trinajstić information content (AvgIpc) is 2.84. The van der Waals surface area contributed by atoms with E-state index in [0.29, 0.717) is 11.4 Å². The van der Waals surface area contributed by atoms with Gasteiger partial charge in [0.05, 0.1) is 14.9 Å². The van der Waals surface area contributed by atoms with Crippen LogP contribution in [0.25, 0.3) is 0 Å². The molecule has 0 aromatic carbocycles. The number of rotatable bonds is 3. The van der Waals surface area contributed by atoms with E-state index in [1.54, 1.807) is 12.3 Å². The number of nitrogens with zero attached hydrogens (tertiary/aromatic N) is 1. The molecule has 2 heterocycles.